The largest absolute Gasteiger partial charge is 0.322 e. The normalized spacial score (nSPS) is 12.7. The standard InChI is InChI=1S/C20H18N4O2/c1-14(25)24-10-8-16-12-17(4-7-19(16)24)22-20(26)15-2-5-18(6-3-15)23-11-9-21-13-23/h2-7,9,11-13H,8,10H2,1H3,(H,22,26). The molecule has 130 valence electrons. The summed E-state index contributed by atoms with van der Waals surface area (Å²) in [5, 5.41) is 2.92. The van der Waals surface area contributed by atoms with E-state index in [1.165, 1.54) is 0 Å². The Morgan fingerprint density at radius 1 is 1.12 bits per heavy atom. The Hall–Kier alpha value is -3.41. The Bertz CT molecular complexity index is 962. The molecule has 1 aromatic heterocycles. The van der Waals surface area contributed by atoms with Gasteiger partial charge in [0.25, 0.3) is 5.91 Å². The predicted octanol–water partition coefficient (Wildman–Crippen LogP) is 3.03. The van der Waals surface area contributed by atoms with Crippen molar-refractivity contribution in [3.05, 3.63) is 72.3 Å². The zero-order chi connectivity index (χ0) is 18.1. The number of nitrogens with one attached hydrogen (secondary N) is 1. The van der Waals surface area contributed by atoms with E-state index in [-0.39, 0.29) is 11.8 Å². The number of hydrogen-bond acceptors (Lipinski definition) is 3. The minimum absolute atomic E-state index is 0.0403. The van der Waals surface area contributed by atoms with Gasteiger partial charge in [0.2, 0.25) is 5.91 Å². The average Bonchev–Trinajstić information content (AvgIpc) is 3.31. The van der Waals surface area contributed by atoms with Crippen molar-refractivity contribution in [1.29, 1.82) is 0 Å². The smallest absolute Gasteiger partial charge is 0.255 e. The van der Waals surface area contributed by atoms with Gasteiger partial charge in [-0.3, -0.25) is 9.59 Å². The van der Waals surface area contributed by atoms with Crippen LogP contribution < -0.4 is 10.2 Å². The van der Waals surface area contributed by atoms with Crippen LogP contribution in [0, 0.1) is 0 Å². The van der Waals surface area contributed by atoms with Crippen molar-refractivity contribution in [2.75, 3.05) is 16.8 Å². The summed E-state index contributed by atoms with van der Waals surface area (Å²) in [5.41, 5.74) is 4.27. The number of hydrogen-bond donors (Lipinski definition) is 1. The Balaban J connectivity index is 1.49. The van der Waals surface area contributed by atoms with Gasteiger partial charge in [0.15, 0.2) is 0 Å². The second-order valence-electron chi connectivity index (χ2n) is 6.24. The molecule has 0 spiro atoms. The molecule has 3 aromatic rings. The van der Waals surface area contributed by atoms with E-state index in [4.69, 9.17) is 0 Å². The van der Waals surface area contributed by atoms with Gasteiger partial charge in [-0.25, -0.2) is 4.98 Å². The first-order valence-electron chi connectivity index (χ1n) is 8.42. The van der Waals surface area contributed by atoms with Gasteiger partial charge in [0.05, 0.1) is 6.33 Å². The second-order valence-corrected chi connectivity index (χ2v) is 6.24. The number of fused-ring (bicyclic) bond motifs is 1. The molecule has 2 aromatic carbocycles. The van der Waals surface area contributed by atoms with E-state index < -0.39 is 0 Å². The van der Waals surface area contributed by atoms with Crippen LogP contribution in [-0.4, -0.2) is 27.9 Å². The molecule has 2 heterocycles. The first-order valence-corrected chi connectivity index (χ1v) is 8.42. The molecule has 6 nitrogen and oxygen atoms in total. The average molecular weight is 346 g/mol. The van der Waals surface area contributed by atoms with E-state index in [0.29, 0.717) is 12.1 Å². The third-order valence-corrected chi connectivity index (χ3v) is 4.55. The van der Waals surface area contributed by atoms with E-state index in [1.54, 1.807) is 36.5 Å². The predicted molar refractivity (Wildman–Crippen MR) is 99.7 cm³/mol. The second kappa shape index (κ2) is 6.48. The fourth-order valence-corrected chi connectivity index (χ4v) is 3.21. The molecule has 0 saturated heterocycles. The highest BCUT2D eigenvalue weighted by atomic mass is 16.2. The quantitative estimate of drug-likeness (QED) is 0.793. The molecule has 1 aliphatic rings. The van der Waals surface area contributed by atoms with Crippen LogP contribution in [0.4, 0.5) is 11.4 Å². The van der Waals surface area contributed by atoms with Crippen LogP contribution >= 0.6 is 0 Å². The lowest BCUT2D eigenvalue weighted by Crippen LogP contribution is -2.25. The van der Waals surface area contributed by atoms with Crippen molar-refractivity contribution >= 4 is 23.2 Å². The Morgan fingerprint density at radius 3 is 2.62 bits per heavy atom. The third kappa shape index (κ3) is 2.97. The fraction of sp³-hybridized carbons (Fsp3) is 0.150. The molecule has 0 radical (unpaired) electrons. The number of imidazole rings is 1. The summed E-state index contributed by atoms with van der Waals surface area (Å²) >= 11 is 0. The molecular weight excluding hydrogens is 328 g/mol. The summed E-state index contributed by atoms with van der Waals surface area (Å²) in [7, 11) is 0. The number of nitrogens with zero attached hydrogens (tertiary/aromatic N) is 3. The van der Waals surface area contributed by atoms with Crippen molar-refractivity contribution < 1.29 is 9.59 Å². The first kappa shape index (κ1) is 16.1. The molecule has 0 aliphatic carbocycles. The van der Waals surface area contributed by atoms with Crippen molar-refractivity contribution in [3.63, 3.8) is 0 Å². The molecule has 0 bridgehead atoms. The van der Waals surface area contributed by atoms with E-state index in [1.807, 2.05) is 41.1 Å². The summed E-state index contributed by atoms with van der Waals surface area (Å²) in [6, 6.07) is 13.0. The minimum atomic E-state index is -0.163. The van der Waals surface area contributed by atoms with Crippen LogP contribution in [0.15, 0.2) is 61.2 Å². The lowest BCUT2D eigenvalue weighted by atomic mass is 10.1. The summed E-state index contributed by atoms with van der Waals surface area (Å²) in [6.07, 6.45) is 6.08. The van der Waals surface area contributed by atoms with Crippen molar-refractivity contribution in [3.8, 4) is 5.69 Å². The van der Waals surface area contributed by atoms with E-state index >= 15 is 0 Å². The van der Waals surface area contributed by atoms with Gasteiger partial charge in [-0.15, -0.1) is 0 Å². The molecule has 6 heteroatoms. The van der Waals surface area contributed by atoms with Gasteiger partial charge >= 0.3 is 0 Å². The molecule has 1 N–H and O–H groups in total. The van der Waals surface area contributed by atoms with Crippen LogP contribution in [0.25, 0.3) is 5.69 Å². The first-order chi connectivity index (χ1) is 12.6. The lowest BCUT2D eigenvalue weighted by Gasteiger charge is -2.15. The third-order valence-electron chi connectivity index (χ3n) is 4.55. The maximum atomic E-state index is 12.5. The van der Waals surface area contributed by atoms with Gasteiger partial charge in [-0.2, -0.15) is 0 Å². The molecule has 2 amide bonds. The molecule has 0 atom stereocenters. The number of rotatable bonds is 3. The van der Waals surface area contributed by atoms with Gasteiger partial charge in [0.1, 0.15) is 0 Å². The molecule has 1 aliphatic heterocycles. The van der Waals surface area contributed by atoms with Crippen molar-refractivity contribution in [2.45, 2.75) is 13.3 Å². The zero-order valence-corrected chi connectivity index (χ0v) is 14.3. The Morgan fingerprint density at radius 2 is 1.92 bits per heavy atom. The maximum absolute atomic E-state index is 12.5. The summed E-state index contributed by atoms with van der Waals surface area (Å²) in [5.74, 6) is -0.123. The Labute approximate surface area is 151 Å². The Kier molecular flexibility index (Phi) is 4.01. The topological polar surface area (TPSA) is 67.2 Å². The summed E-state index contributed by atoms with van der Waals surface area (Å²) in [6.45, 7) is 2.26. The van der Waals surface area contributed by atoms with Crippen LogP contribution in [0.1, 0.15) is 22.8 Å². The van der Waals surface area contributed by atoms with E-state index in [2.05, 4.69) is 10.3 Å². The molecule has 26 heavy (non-hydrogen) atoms. The summed E-state index contributed by atoms with van der Waals surface area (Å²) < 4.78 is 1.88. The molecule has 0 unspecified atom stereocenters. The number of benzene rings is 2. The van der Waals surface area contributed by atoms with Crippen LogP contribution in [-0.2, 0) is 11.2 Å². The van der Waals surface area contributed by atoms with Gasteiger partial charge in [-0.1, -0.05) is 0 Å². The highest BCUT2D eigenvalue weighted by Crippen LogP contribution is 2.30. The van der Waals surface area contributed by atoms with Gasteiger partial charge in [0, 0.05) is 48.5 Å². The number of aromatic nitrogens is 2. The van der Waals surface area contributed by atoms with Crippen molar-refractivity contribution in [2.24, 2.45) is 0 Å². The van der Waals surface area contributed by atoms with Gasteiger partial charge < -0.3 is 14.8 Å². The van der Waals surface area contributed by atoms with Gasteiger partial charge in [-0.05, 0) is 54.4 Å². The number of carbonyl (C=O) groups excluding carboxylic acids is 2. The monoisotopic (exact) mass is 346 g/mol. The van der Waals surface area contributed by atoms with E-state index in [0.717, 1.165) is 29.0 Å². The fourth-order valence-electron chi connectivity index (χ4n) is 3.21. The maximum Gasteiger partial charge on any atom is 0.255 e. The van der Waals surface area contributed by atoms with Crippen LogP contribution in [0.3, 0.4) is 0 Å². The number of amides is 2. The minimum Gasteiger partial charge on any atom is -0.322 e. The van der Waals surface area contributed by atoms with E-state index in [9.17, 15) is 9.59 Å². The van der Waals surface area contributed by atoms with Crippen molar-refractivity contribution in [1.82, 2.24) is 9.55 Å². The highest BCUT2D eigenvalue weighted by Gasteiger charge is 2.22. The molecule has 4 rings (SSSR count). The highest BCUT2D eigenvalue weighted by molar-refractivity contribution is 6.04. The number of carbonyl (C=O) groups is 2. The molecule has 0 saturated carbocycles. The van der Waals surface area contributed by atoms with Crippen LogP contribution in [0.2, 0.25) is 0 Å². The van der Waals surface area contributed by atoms with Crippen LogP contribution in [0.5, 0.6) is 0 Å². The lowest BCUT2D eigenvalue weighted by molar-refractivity contribution is -0.116. The zero-order valence-electron chi connectivity index (χ0n) is 14.3. The molecular formula is C20H18N4O2. The summed E-state index contributed by atoms with van der Waals surface area (Å²) in [4.78, 5) is 29.9. The number of anilines is 2. The molecule has 0 fully saturated rings. The SMILES string of the molecule is CC(=O)N1CCc2cc(NC(=O)c3ccc(-n4ccnc4)cc3)ccc21.